The Morgan fingerprint density at radius 2 is 1.88 bits per heavy atom. The van der Waals surface area contributed by atoms with Crippen LogP contribution in [-0.2, 0) is 4.79 Å². The van der Waals surface area contributed by atoms with Crippen molar-refractivity contribution in [1.82, 2.24) is 0 Å². The van der Waals surface area contributed by atoms with Gasteiger partial charge in [0.2, 0.25) is 0 Å². The maximum Gasteiger partial charge on any atom is 0.267 e. The van der Waals surface area contributed by atoms with E-state index in [1.807, 2.05) is 13.8 Å². The van der Waals surface area contributed by atoms with E-state index in [0.29, 0.717) is 12.0 Å². The van der Waals surface area contributed by atoms with Crippen molar-refractivity contribution in [3.05, 3.63) is 23.3 Å². The molecule has 0 aromatic rings. The molecule has 0 aromatic carbocycles. The molecule has 2 unspecified atom stereocenters. The molecule has 0 amide bonds. The van der Waals surface area contributed by atoms with Crippen molar-refractivity contribution in [1.29, 1.82) is 0 Å². The fraction of sp³-hybridized carbons (Fsp3) is 0.615. The topological polar surface area (TPSA) is 17.1 Å². The molecule has 2 aliphatic carbocycles. The normalized spacial score (nSPS) is 26.9. The van der Waals surface area contributed by atoms with Crippen molar-refractivity contribution in [2.24, 2.45) is 11.8 Å². The lowest BCUT2D eigenvalue weighted by Gasteiger charge is -2.18. The van der Waals surface area contributed by atoms with E-state index in [1.54, 1.807) is 6.08 Å². The first kappa shape index (κ1) is 13.1. The van der Waals surface area contributed by atoms with Crippen molar-refractivity contribution in [2.45, 2.75) is 40.0 Å². The number of allylic oxidation sites excluding steroid dienone is 4. The molecule has 0 aromatic heterocycles. The minimum atomic E-state index is -2.74. The molecule has 1 nitrogen and oxygen atoms in total. The van der Waals surface area contributed by atoms with Gasteiger partial charge in [-0.25, -0.2) is 8.78 Å². The smallest absolute Gasteiger partial charge is 0.267 e. The summed E-state index contributed by atoms with van der Waals surface area (Å²) in [5.41, 5.74) is 0.899. The summed E-state index contributed by atoms with van der Waals surface area (Å²) in [6.07, 6.45) is 3.69. The Kier molecular flexibility index (Phi) is 3.66. The molecule has 0 N–H and O–H groups in total. The van der Waals surface area contributed by atoms with Gasteiger partial charge in [-0.3, -0.25) is 4.79 Å². The maximum absolute atomic E-state index is 13.0. The van der Waals surface area contributed by atoms with Crippen molar-refractivity contribution < 1.29 is 13.6 Å². The molecule has 0 aliphatic heterocycles. The van der Waals surface area contributed by atoms with Crippen molar-refractivity contribution in [3.8, 4) is 0 Å². The van der Waals surface area contributed by atoms with Gasteiger partial charge in [0.05, 0.1) is 0 Å². The number of rotatable bonds is 2. The van der Waals surface area contributed by atoms with E-state index in [0.717, 1.165) is 6.92 Å². The number of carbonyl (C=O) groups excluding carboxylic acids is 1. The largest absolute Gasteiger partial charge is 0.295 e. The molecule has 1 saturated carbocycles. The summed E-state index contributed by atoms with van der Waals surface area (Å²) >= 11 is 0. The van der Waals surface area contributed by atoms with Crippen LogP contribution >= 0.6 is 0 Å². The maximum atomic E-state index is 13.0. The molecular formula is C13H18F2O. The number of ketones is 1. The van der Waals surface area contributed by atoms with Gasteiger partial charge in [0.25, 0.3) is 5.92 Å². The second-order valence-corrected chi connectivity index (χ2v) is 4.14. The van der Waals surface area contributed by atoms with E-state index in [-0.39, 0.29) is 23.2 Å². The van der Waals surface area contributed by atoms with E-state index in [2.05, 4.69) is 0 Å². The number of Topliss-reactive ketones (excluding diaryl/α,β-unsaturated/α-hetero) is 1. The van der Waals surface area contributed by atoms with Crippen LogP contribution in [0.15, 0.2) is 23.3 Å². The highest BCUT2D eigenvalue weighted by Gasteiger charge is 2.50. The molecule has 0 spiro atoms. The zero-order chi connectivity index (χ0) is 12.5. The van der Waals surface area contributed by atoms with E-state index in [1.165, 1.54) is 13.0 Å². The van der Waals surface area contributed by atoms with Gasteiger partial charge in [0.1, 0.15) is 0 Å². The van der Waals surface area contributed by atoms with Crippen LogP contribution in [0.25, 0.3) is 0 Å². The van der Waals surface area contributed by atoms with Crippen LogP contribution in [0.2, 0.25) is 0 Å². The highest BCUT2D eigenvalue weighted by Crippen LogP contribution is 2.55. The Labute approximate surface area is 95.2 Å². The first-order chi connectivity index (χ1) is 7.41. The zero-order valence-corrected chi connectivity index (χ0v) is 10.2. The summed E-state index contributed by atoms with van der Waals surface area (Å²) in [5, 5.41) is 0. The average molecular weight is 228 g/mol. The highest BCUT2D eigenvalue weighted by atomic mass is 19.3. The Bertz CT molecular complexity index is 347. The average Bonchev–Trinajstić information content (AvgIpc) is 2.96. The van der Waals surface area contributed by atoms with Crippen LogP contribution in [0.3, 0.4) is 0 Å². The summed E-state index contributed by atoms with van der Waals surface area (Å²) in [6, 6.07) is 0. The molecular weight excluding hydrogens is 210 g/mol. The van der Waals surface area contributed by atoms with E-state index in [4.69, 9.17) is 0 Å². The minimum absolute atomic E-state index is 0.00668. The van der Waals surface area contributed by atoms with Crippen LogP contribution in [-0.4, -0.2) is 11.7 Å². The fourth-order valence-electron chi connectivity index (χ4n) is 2.16. The molecule has 0 bridgehead atoms. The van der Waals surface area contributed by atoms with Crippen molar-refractivity contribution in [3.63, 3.8) is 0 Å². The van der Waals surface area contributed by atoms with Gasteiger partial charge in [-0.05, 0) is 30.8 Å². The summed E-state index contributed by atoms with van der Waals surface area (Å²) in [4.78, 5) is 11.1. The SMILES string of the molecule is CC.CC(=O)C1=CC=C(C(C)(F)F)C2CC12. The first-order valence-electron chi connectivity index (χ1n) is 5.72. The highest BCUT2D eigenvalue weighted by molar-refractivity contribution is 5.95. The van der Waals surface area contributed by atoms with Crippen LogP contribution in [0.5, 0.6) is 0 Å². The lowest BCUT2D eigenvalue weighted by molar-refractivity contribution is -0.113. The van der Waals surface area contributed by atoms with Crippen LogP contribution < -0.4 is 0 Å². The van der Waals surface area contributed by atoms with Gasteiger partial charge >= 0.3 is 0 Å². The molecule has 16 heavy (non-hydrogen) atoms. The third-order valence-electron chi connectivity index (χ3n) is 2.95. The molecule has 2 rings (SSSR count). The molecule has 2 aliphatic rings. The zero-order valence-electron chi connectivity index (χ0n) is 10.2. The van der Waals surface area contributed by atoms with Gasteiger partial charge in [0.15, 0.2) is 5.78 Å². The second-order valence-electron chi connectivity index (χ2n) is 4.14. The van der Waals surface area contributed by atoms with Gasteiger partial charge in [-0.15, -0.1) is 0 Å². The molecule has 0 heterocycles. The summed E-state index contributed by atoms with van der Waals surface area (Å²) in [6.45, 7) is 6.41. The van der Waals surface area contributed by atoms with E-state index < -0.39 is 5.92 Å². The molecule has 0 saturated heterocycles. The molecule has 1 fully saturated rings. The molecule has 0 radical (unpaired) electrons. The molecule has 3 heteroatoms. The predicted octanol–water partition coefficient (Wildman–Crippen LogP) is 3.76. The van der Waals surface area contributed by atoms with E-state index >= 15 is 0 Å². The van der Waals surface area contributed by atoms with Crippen LogP contribution in [0, 0.1) is 11.8 Å². The summed E-state index contributed by atoms with van der Waals surface area (Å²) in [5.74, 6) is -2.75. The number of hydrogen-bond donors (Lipinski definition) is 0. The Balaban J connectivity index is 0.000000606. The Morgan fingerprint density at radius 1 is 1.31 bits per heavy atom. The standard InChI is InChI=1S/C11H12F2O.C2H6/c1-6(14)7-3-4-10(11(2,12)13)9-5-8(7)9;1-2/h3-4,8-9H,5H2,1-2H3;1-2H3. The van der Waals surface area contributed by atoms with Gasteiger partial charge in [-0.1, -0.05) is 26.0 Å². The number of carbonyl (C=O) groups is 1. The Morgan fingerprint density at radius 3 is 2.31 bits per heavy atom. The number of alkyl halides is 2. The fourth-order valence-corrected chi connectivity index (χ4v) is 2.16. The van der Waals surface area contributed by atoms with Crippen molar-refractivity contribution >= 4 is 5.78 Å². The molecule has 90 valence electrons. The van der Waals surface area contributed by atoms with Gasteiger partial charge in [0, 0.05) is 12.5 Å². The third-order valence-corrected chi connectivity index (χ3v) is 2.95. The molecule has 2 atom stereocenters. The summed E-state index contributed by atoms with van der Waals surface area (Å²) in [7, 11) is 0. The third kappa shape index (κ3) is 2.39. The number of hydrogen-bond acceptors (Lipinski definition) is 1. The number of fused-ring (bicyclic) bond motifs is 1. The predicted molar refractivity (Wildman–Crippen MR) is 60.4 cm³/mol. The van der Waals surface area contributed by atoms with E-state index in [9.17, 15) is 13.6 Å². The quantitative estimate of drug-likeness (QED) is 0.703. The van der Waals surface area contributed by atoms with Crippen LogP contribution in [0.4, 0.5) is 8.78 Å². The lowest BCUT2D eigenvalue weighted by atomic mass is 9.93. The minimum Gasteiger partial charge on any atom is -0.295 e. The number of halogens is 2. The van der Waals surface area contributed by atoms with Gasteiger partial charge in [-0.2, -0.15) is 0 Å². The lowest BCUT2D eigenvalue weighted by Crippen LogP contribution is -2.18. The Hall–Kier alpha value is -0.990. The first-order valence-corrected chi connectivity index (χ1v) is 5.72. The van der Waals surface area contributed by atoms with Crippen molar-refractivity contribution in [2.75, 3.05) is 0 Å². The summed E-state index contributed by atoms with van der Waals surface area (Å²) < 4.78 is 26.1. The van der Waals surface area contributed by atoms with Gasteiger partial charge < -0.3 is 0 Å². The second kappa shape index (κ2) is 4.48. The monoisotopic (exact) mass is 228 g/mol. The van der Waals surface area contributed by atoms with Crippen LogP contribution in [0.1, 0.15) is 34.1 Å².